The molecule has 1 aliphatic rings. The van der Waals surface area contributed by atoms with Crippen LogP contribution in [0.5, 0.6) is 0 Å². The van der Waals surface area contributed by atoms with Gasteiger partial charge >= 0.3 is 4.87 Å². The molecule has 4 aromatic rings. The number of aromatic nitrogens is 1. The molecule has 0 saturated heterocycles. The van der Waals surface area contributed by atoms with E-state index in [-0.39, 0.29) is 9.77 Å². The molecular weight excluding hydrogens is 502 g/mol. The van der Waals surface area contributed by atoms with Crippen LogP contribution in [0, 0.1) is 0 Å². The first-order valence-corrected chi connectivity index (χ1v) is 14.2. The molecule has 0 amide bonds. The Hall–Kier alpha value is -2.65. The molecule has 5 rings (SSSR count). The van der Waals surface area contributed by atoms with Crippen LogP contribution in [0.2, 0.25) is 5.02 Å². The van der Waals surface area contributed by atoms with Gasteiger partial charge in [0.15, 0.2) is 0 Å². The molecule has 6 nitrogen and oxygen atoms in total. The zero-order chi connectivity index (χ0) is 24.6. The minimum absolute atomic E-state index is 0.151. The van der Waals surface area contributed by atoms with Crippen LogP contribution in [0.15, 0.2) is 76.4 Å². The van der Waals surface area contributed by atoms with Crippen molar-refractivity contribution in [2.75, 3.05) is 18.0 Å². The number of fused-ring (bicyclic) bond motifs is 2. The second kappa shape index (κ2) is 9.78. The van der Waals surface area contributed by atoms with Gasteiger partial charge in [0, 0.05) is 29.8 Å². The first-order chi connectivity index (χ1) is 16.8. The fraction of sp³-hybridized carbons (Fsp3) is 0.269. The maximum absolute atomic E-state index is 12.9. The Kier molecular flexibility index (Phi) is 6.72. The lowest BCUT2D eigenvalue weighted by Crippen LogP contribution is -2.33. The van der Waals surface area contributed by atoms with E-state index < -0.39 is 10.0 Å². The van der Waals surface area contributed by atoms with Gasteiger partial charge in [0.05, 0.1) is 21.7 Å². The van der Waals surface area contributed by atoms with Crippen LogP contribution in [0.1, 0.15) is 24.5 Å². The van der Waals surface area contributed by atoms with Gasteiger partial charge in [-0.3, -0.25) is 9.36 Å². The molecule has 1 atom stereocenters. The van der Waals surface area contributed by atoms with Gasteiger partial charge in [0.25, 0.3) is 0 Å². The fourth-order valence-electron chi connectivity index (χ4n) is 4.67. The Labute approximate surface area is 213 Å². The summed E-state index contributed by atoms with van der Waals surface area (Å²) in [6.45, 7) is 3.66. The van der Waals surface area contributed by atoms with Crippen molar-refractivity contribution in [2.45, 2.75) is 37.2 Å². The normalized spacial score (nSPS) is 15.6. The Morgan fingerprint density at radius 1 is 1.09 bits per heavy atom. The van der Waals surface area contributed by atoms with E-state index in [4.69, 9.17) is 11.6 Å². The van der Waals surface area contributed by atoms with Crippen molar-refractivity contribution >= 4 is 48.9 Å². The highest BCUT2D eigenvalue weighted by Gasteiger charge is 2.25. The highest BCUT2D eigenvalue weighted by molar-refractivity contribution is 7.89. The van der Waals surface area contributed by atoms with E-state index in [0.29, 0.717) is 40.8 Å². The second-order valence-electron chi connectivity index (χ2n) is 8.80. The molecule has 0 spiro atoms. The average Bonchev–Trinajstić information content (AvgIpc) is 3.33. The third-order valence-corrected chi connectivity index (χ3v) is 9.22. The van der Waals surface area contributed by atoms with Crippen LogP contribution in [-0.4, -0.2) is 32.1 Å². The molecule has 182 valence electrons. The molecule has 1 aromatic heterocycles. The number of benzene rings is 3. The van der Waals surface area contributed by atoms with Crippen molar-refractivity contribution in [3.63, 3.8) is 0 Å². The van der Waals surface area contributed by atoms with Crippen molar-refractivity contribution < 1.29 is 8.42 Å². The summed E-state index contributed by atoms with van der Waals surface area (Å²) in [6, 6.07) is 21.0. The van der Waals surface area contributed by atoms with E-state index in [1.165, 1.54) is 11.3 Å². The monoisotopic (exact) mass is 527 g/mol. The molecule has 2 heterocycles. The number of rotatable bonds is 8. The van der Waals surface area contributed by atoms with Gasteiger partial charge < -0.3 is 4.90 Å². The minimum atomic E-state index is -3.68. The Bertz CT molecular complexity index is 1540. The van der Waals surface area contributed by atoms with E-state index >= 15 is 0 Å². The van der Waals surface area contributed by atoms with Gasteiger partial charge in [-0.25, -0.2) is 13.1 Å². The number of para-hydroxylation sites is 1. The number of sulfonamides is 1. The Morgan fingerprint density at radius 2 is 1.86 bits per heavy atom. The molecule has 9 heteroatoms. The van der Waals surface area contributed by atoms with E-state index in [0.717, 1.165) is 29.9 Å². The van der Waals surface area contributed by atoms with Gasteiger partial charge in [-0.1, -0.05) is 59.3 Å². The summed E-state index contributed by atoms with van der Waals surface area (Å²) in [5.41, 5.74) is 4.11. The second-order valence-corrected chi connectivity index (χ2v) is 12.0. The maximum Gasteiger partial charge on any atom is 0.308 e. The summed E-state index contributed by atoms with van der Waals surface area (Å²) in [6.07, 6.45) is 1.71. The van der Waals surface area contributed by atoms with Crippen molar-refractivity contribution in [1.82, 2.24) is 9.29 Å². The number of hydrogen-bond acceptors (Lipinski definition) is 5. The molecule has 3 aromatic carbocycles. The highest BCUT2D eigenvalue weighted by atomic mass is 35.5. The lowest BCUT2D eigenvalue weighted by molar-refractivity contribution is 0.576. The first kappa shape index (κ1) is 24.1. The van der Waals surface area contributed by atoms with Crippen LogP contribution >= 0.6 is 22.9 Å². The van der Waals surface area contributed by atoms with E-state index in [9.17, 15) is 13.2 Å². The van der Waals surface area contributed by atoms with Gasteiger partial charge in [-0.05, 0) is 61.2 Å². The third-order valence-electron chi connectivity index (χ3n) is 6.45. The molecule has 0 saturated carbocycles. The van der Waals surface area contributed by atoms with Crippen molar-refractivity contribution in [3.05, 3.63) is 92.5 Å². The van der Waals surface area contributed by atoms with Crippen LogP contribution in [0.3, 0.4) is 0 Å². The topological polar surface area (TPSA) is 71.4 Å². The molecule has 1 N–H and O–H groups in total. The molecule has 1 unspecified atom stereocenters. The van der Waals surface area contributed by atoms with Crippen LogP contribution in [0.25, 0.3) is 10.2 Å². The SMILES string of the molecule is CC1Cc2ccccc2N1CCCNS(=O)(=O)c1ccc2c(c1)sc(=O)n2Cc1ccccc1Cl. The lowest BCUT2D eigenvalue weighted by Gasteiger charge is -2.24. The van der Waals surface area contributed by atoms with E-state index in [2.05, 4.69) is 34.7 Å². The molecular formula is C26H26ClN3O3S2. The zero-order valence-electron chi connectivity index (χ0n) is 19.3. The van der Waals surface area contributed by atoms with Crippen molar-refractivity contribution in [2.24, 2.45) is 0 Å². The quantitative estimate of drug-likeness (QED) is 0.331. The summed E-state index contributed by atoms with van der Waals surface area (Å²) in [5.74, 6) is 0. The molecule has 0 fully saturated rings. The largest absolute Gasteiger partial charge is 0.368 e. The smallest absolute Gasteiger partial charge is 0.308 e. The standard InChI is InChI=1S/C26H26ClN3O3S2/c1-18-15-19-7-3-5-10-23(19)29(18)14-6-13-28-35(32,33)21-11-12-24-25(16-21)34-26(31)30(24)17-20-8-2-4-9-22(20)27/h2-5,7-12,16,18,28H,6,13-15,17H2,1H3. The first-order valence-electron chi connectivity index (χ1n) is 11.5. The van der Waals surface area contributed by atoms with Crippen molar-refractivity contribution in [3.8, 4) is 0 Å². The van der Waals surface area contributed by atoms with E-state index in [1.807, 2.05) is 24.3 Å². The van der Waals surface area contributed by atoms with Gasteiger partial charge in [-0.2, -0.15) is 0 Å². The molecule has 0 bridgehead atoms. The summed E-state index contributed by atoms with van der Waals surface area (Å²) < 4.78 is 30.9. The summed E-state index contributed by atoms with van der Waals surface area (Å²) in [7, 11) is -3.68. The van der Waals surface area contributed by atoms with Crippen molar-refractivity contribution in [1.29, 1.82) is 0 Å². The minimum Gasteiger partial charge on any atom is -0.368 e. The predicted molar refractivity (Wildman–Crippen MR) is 143 cm³/mol. The van der Waals surface area contributed by atoms with Crippen LogP contribution < -0.4 is 14.5 Å². The third kappa shape index (κ3) is 4.89. The fourth-order valence-corrected chi connectivity index (χ4v) is 6.97. The summed E-state index contributed by atoms with van der Waals surface area (Å²) >= 11 is 7.30. The summed E-state index contributed by atoms with van der Waals surface area (Å²) in [5, 5.41) is 0.592. The summed E-state index contributed by atoms with van der Waals surface area (Å²) in [4.78, 5) is 15.0. The molecule has 0 radical (unpaired) electrons. The number of halogens is 1. The molecule has 35 heavy (non-hydrogen) atoms. The number of hydrogen-bond donors (Lipinski definition) is 1. The van der Waals surface area contributed by atoms with Gasteiger partial charge in [-0.15, -0.1) is 0 Å². The lowest BCUT2D eigenvalue weighted by atomic mass is 10.1. The van der Waals surface area contributed by atoms with Crippen LogP contribution in [-0.2, 0) is 23.0 Å². The zero-order valence-corrected chi connectivity index (χ0v) is 21.7. The van der Waals surface area contributed by atoms with Crippen LogP contribution in [0.4, 0.5) is 5.69 Å². The predicted octanol–water partition coefficient (Wildman–Crippen LogP) is 4.88. The average molecular weight is 528 g/mol. The van der Waals surface area contributed by atoms with E-state index in [1.54, 1.807) is 28.8 Å². The Balaban J connectivity index is 1.27. The highest BCUT2D eigenvalue weighted by Crippen LogP contribution is 2.31. The number of nitrogens with zero attached hydrogens (tertiary/aromatic N) is 2. The van der Waals surface area contributed by atoms with Gasteiger partial charge in [0.1, 0.15) is 0 Å². The number of nitrogens with one attached hydrogen (secondary N) is 1. The van der Waals surface area contributed by atoms with Gasteiger partial charge in [0.2, 0.25) is 10.0 Å². The number of anilines is 1. The molecule has 1 aliphatic heterocycles. The number of thiazole rings is 1. The molecule has 0 aliphatic carbocycles. The maximum atomic E-state index is 12.9. The Morgan fingerprint density at radius 3 is 2.69 bits per heavy atom.